The summed E-state index contributed by atoms with van der Waals surface area (Å²) in [7, 11) is -3.42. The van der Waals surface area contributed by atoms with Crippen molar-refractivity contribution in [1.29, 1.82) is 0 Å². The van der Waals surface area contributed by atoms with Crippen LogP contribution >= 0.6 is 0 Å². The Hall–Kier alpha value is -3.16. The maximum Gasteiger partial charge on any atom is 0.250 e. The summed E-state index contributed by atoms with van der Waals surface area (Å²) >= 11 is 0. The molecule has 2 N–H and O–H groups in total. The first-order chi connectivity index (χ1) is 14.3. The van der Waals surface area contributed by atoms with Gasteiger partial charge in [0.15, 0.2) is 0 Å². The van der Waals surface area contributed by atoms with Crippen LogP contribution in [0.15, 0.2) is 78.9 Å². The summed E-state index contributed by atoms with van der Waals surface area (Å²) in [6.07, 6.45) is 0.706. The topological polar surface area (TPSA) is 84.5 Å². The lowest BCUT2D eigenvalue weighted by molar-refractivity contribution is -0.121. The van der Waals surface area contributed by atoms with Crippen LogP contribution in [-0.2, 0) is 19.6 Å². The van der Waals surface area contributed by atoms with Gasteiger partial charge in [-0.2, -0.15) is 0 Å². The molecule has 0 saturated carbocycles. The third kappa shape index (κ3) is 6.17. The molecule has 0 unspecified atom stereocenters. The normalized spacial score (nSPS) is 11.3. The van der Waals surface area contributed by atoms with E-state index in [9.17, 15) is 13.2 Å². The molecule has 0 atom stereocenters. The van der Waals surface area contributed by atoms with Crippen molar-refractivity contribution < 1.29 is 17.9 Å². The molecule has 3 rings (SSSR count). The average Bonchev–Trinajstić information content (AvgIpc) is 2.71. The van der Waals surface area contributed by atoms with E-state index in [1.54, 1.807) is 25.1 Å². The molecule has 6 nitrogen and oxygen atoms in total. The van der Waals surface area contributed by atoms with Crippen LogP contribution in [0.2, 0.25) is 0 Å². The molecular formula is C23H24N2O4S. The molecule has 7 heteroatoms. The zero-order chi connectivity index (χ0) is 21.6. The predicted octanol–water partition coefficient (Wildman–Crippen LogP) is 4.11. The van der Waals surface area contributed by atoms with Crippen molar-refractivity contribution in [3.63, 3.8) is 0 Å². The van der Waals surface area contributed by atoms with Gasteiger partial charge in [-0.15, -0.1) is 0 Å². The monoisotopic (exact) mass is 424 g/mol. The lowest BCUT2D eigenvalue weighted by Gasteiger charge is -2.19. The largest absolute Gasteiger partial charge is 0.359 e. The van der Waals surface area contributed by atoms with E-state index in [2.05, 4.69) is 10.0 Å². The van der Waals surface area contributed by atoms with Gasteiger partial charge in [0, 0.05) is 5.69 Å². The van der Waals surface area contributed by atoms with Gasteiger partial charge in [-0.25, -0.2) is 8.42 Å². The zero-order valence-corrected chi connectivity index (χ0v) is 17.6. The lowest BCUT2D eigenvalue weighted by atomic mass is 10.0. The molecule has 0 fully saturated rings. The minimum Gasteiger partial charge on any atom is -0.359 e. The number of sulfonamides is 1. The van der Waals surface area contributed by atoms with Crippen LogP contribution in [0.4, 0.5) is 11.4 Å². The van der Waals surface area contributed by atoms with Crippen LogP contribution in [0.3, 0.4) is 0 Å². The summed E-state index contributed by atoms with van der Waals surface area (Å²) in [5.41, 5.74) is 3.56. The Kier molecular flexibility index (Phi) is 6.87. The predicted molar refractivity (Wildman–Crippen MR) is 119 cm³/mol. The summed E-state index contributed by atoms with van der Waals surface area (Å²) in [5, 5.41) is 2.75. The van der Waals surface area contributed by atoms with E-state index in [-0.39, 0.29) is 18.6 Å². The van der Waals surface area contributed by atoms with Gasteiger partial charge in [-0.05, 0) is 35.7 Å². The van der Waals surface area contributed by atoms with Gasteiger partial charge in [0.2, 0.25) is 15.9 Å². The highest BCUT2D eigenvalue weighted by Gasteiger charge is 2.16. The number of ether oxygens (including phenoxy) is 1. The number of carbonyl (C=O) groups is 1. The lowest BCUT2D eigenvalue weighted by Crippen LogP contribution is -2.21. The van der Waals surface area contributed by atoms with Crippen molar-refractivity contribution in [3.8, 4) is 0 Å². The summed E-state index contributed by atoms with van der Waals surface area (Å²) in [6.45, 7) is 1.63. The molecule has 0 aliphatic heterocycles. The Morgan fingerprint density at radius 2 is 1.50 bits per heavy atom. The molecule has 0 aliphatic carbocycles. The van der Waals surface area contributed by atoms with Crippen LogP contribution in [0, 0.1) is 6.92 Å². The molecule has 0 spiro atoms. The number of hydrogen-bond acceptors (Lipinski definition) is 4. The van der Waals surface area contributed by atoms with Crippen molar-refractivity contribution >= 4 is 27.3 Å². The molecule has 1 amide bonds. The highest BCUT2D eigenvalue weighted by atomic mass is 32.2. The van der Waals surface area contributed by atoms with Gasteiger partial charge in [0.1, 0.15) is 12.7 Å². The Bertz CT molecular complexity index is 1060. The third-order valence-corrected chi connectivity index (χ3v) is 4.99. The zero-order valence-electron chi connectivity index (χ0n) is 16.8. The van der Waals surface area contributed by atoms with E-state index in [4.69, 9.17) is 4.74 Å². The Labute approximate surface area is 177 Å². The Morgan fingerprint density at radius 3 is 2.03 bits per heavy atom. The van der Waals surface area contributed by atoms with Crippen LogP contribution in [0.25, 0.3) is 0 Å². The number of aryl methyl sites for hydroxylation is 1. The molecule has 30 heavy (non-hydrogen) atoms. The summed E-state index contributed by atoms with van der Waals surface area (Å²) in [4.78, 5) is 12.5. The first-order valence-electron chi connectivity index (χ1n) is 9.41. The van der Waals surface area contributed by atoms with Gasteiger partial charge in [0.05, 0.1) is 11.9 Å². The maximum atomic E-state index is 12.5. The molecule has 0 aliphatic rings. The summed E-state index contributed by atoms with van der Waals surface area (Å²) in [6, 6.07) is 24.4. The molecule has 3 aromatic rings. The minimum atomic E-state index is -3.42. The summed E-state index contributed by atoms with van der Waals surface area (Å²) in [5.74, 6) is -0.332. The van der Waals surface area contributed by atoms with E-state index in [1.165, 1.54) is 0 Å². The quantitative estimate of drug-likeness (QED) is 0.570. The Balaban J connectivity index is 1.70. The average molecular weight is 425 g/mol. The molecule has 3 aromatic carbocycles. The van der Waals surface area contributed by atoms with Crippen molar-refractivity contribution in [2.24, 2.45) is 0 Å². The third-order valence-electron chi connectivity index (χ3n) is 4.40. The number of hydrogen-bond donors (Lipinski definition) is 2. The van der Waals surface area contributed by atoms with E-state index in [0.29, 0.717) is 11.4 Å². The van der Waals surface area contributed by atoms with E-state index < -0.39 is 10.0 Å². The van der Waals surface area contributed by atoms with Crippen molar-refractivity contribution in [1.82, 2.24) is 0 Å². The molecular weight excluding hydrogens is 400 g/mol. The molecule has 156 valence electrons. The number of benzene rings is 3. The standard InChI is InChI=1S/C23H24N2O4S/c1-17-13-14-20(15-21(17)25-30(2,27)28)24-22(26)16-29-23(18-9-5-3-6-10-18)19-11-7-4-8-12-19/h3-15,23,25H,16H2,1-2H3,(H,24,26). The number of amides is 1. The minimum absolute atomic E-state index is 0.156. The molecule has 0 radical (unpaired) electrons. The fraction of sp³-hybridized carbons (Fsp3) is 0.174. The van der Waals surface area contributed by atoms with Crippen LogP contribution < -0.4 is 10.0 Å². The van der Waals surface area contributed by atoms with Gasteiger partial charge in [-0.3, -0.25) is 9.52 Å². The van der Waals surface area contributed by atoms with Crippen molar-refractivity contribution in [3.05, 3.63) is 95.6 Å². The highest BCUT2D eigenvalue weighted by molar-refractivity contribution is 7.92. The first-order valence-corrected chi connectivity index (χ1v) is 11.3. The van der Waals surface area contributed by atoms with Crippen molar-refractivity contribution in [2.75, 3.05) is 22.9 Å². The van der Waals surface area contributed by atoms with Crippen LogP contribution in [0.5, 0.6) is 0 Å². The van der Waals surface area contributed by atoms with E-state index in [0.717, 1.165) is 22.9 Å². The van der Waals surface area contributed by atoms with Crippen LogP contribution in [0.1, 0.15) is 22.8 Å². The molecule has 0 bridgehead atoms. The summed E-state index contributed by atoms with van der Waals surface area (Å²) < 4.78 is 31.4. The number of nitrogens with one attached hydrogen (secondary N) is 2. The number of rotatable bonds is 8. The first kappa shape index (κ1) is 21.5. The van der Waals surface area contributed by atoms with Gasteiger partial charge >= 0.3 is 0 Å². The highest BCUT2D eigenvalue weighted by Crippen LogP contribution is 2.26. The Morgan fingerprint density at radius 1 is 0.933 bits per heavy atom. The maximum absolute atomic E-state index is 12.5. The van der Waals surface area contributed by atoms with Crippen molar-refractivity contribution in [2.45, 2.75) is 13.0 Å². The smallest absolute Gasteiger partial charge is 0.250 e. The van der Waals surface area contributed by atoms with E-state index in [1.807, 2.05) is 60.7 Å². The second-order valence-electron chi connectivity index (χ2n) is 6.96. The van der Waals surface area contributed by atoms with Gasteiger partial charge in [-0.1, -0.05) is 66.7 Å². The second-order valence-corrected chi connectivity index (χ2v) is 8.71. The second kappa shape index (κ2) is 9.56. The van der Waals surface area contributed by atoms with Gasteiger partial charge in [0.25, 0.3) is 0 Å². The SMILES string of the molecule is Cc1ccc(NC(=O)COC(c2ccccc2)c2ccccc2)cc1NS(C)(=O)=O. The number of carbonyl (C=O) groups excluding carboxylic acids is 1. The van der Waals surface area contributed by atoms with Crippen LogP contribution in [-0.4, -0.2) is 27.2 Å². The fourth-order valence-electron chi connectivity index (χ4n) is 3.01. The van der Waals surface area contributed by atoms with Gasteiger partial charge < -0.3 is 10.1 Å². The molecule has 0 aromatic heterocycles. The fourth-order valence-corrected chi connectivity index (χ4v) is 3.63. The molecule has 0 saturated heterocycles. The molecule has 0 heterocycles. The number of anilines is 2. The van der Waals surface area contributed by atoms with E-state index >= 15 is 0 Å².